The van der Waals surface area contributed by atoms with E-state index in [1.165, 1.54) is 16.2 Å². The van der Waals surface area contributed by atoms with Gasteiger partial charge < -0.3 is 9.84 Å². The van der Waals surface area contributed by atoms with Crippen LogP contribution in [-0.2, 0) is 16.2 Å². The van der Waals surface area contributed by atoms with E-state index < -0.39 is 17.7 Å². The summed E-state index contributed by atoms with van der Waals surface area (Å²) in [7, 11) is 0. The third-order valence-corrected chi connectivity index (χ3v) is 7.67. The fourth-order valence-electron chi connectivity index (χ4n) is 4.73. The number of rotatable bonds is 6. The van der Waals surface area contributed by atoms with Crippen LogP contribution in [0.5, 0.6) is 5.75 Å². The van der Waals surface area contributed by atoms with Gasteiger partial charge in [0.1, 0.15) is 18.1 Å². The minimum Gasteiger partial charge on any atom is -0.507 e. The second-order valence-corrected chi connectivity index (χ2v) is 10.4. The van der Waals surface area contributed by atoms with Crippen molar-refractivity contribution in [3.05, 3.63) is 131 Å². The quantitative estimate of drug-likeness (QED) is 0.148. The predicted molar refractivity (Wildman–Crippen MR) is 153 cm³/mol. The van der Waals surface area contributed by atoms with Crippen molar-refractivity contribution < 1.29 is 19.4 Å². The van der Waals surface area contributed by atoms with Crippen LogP contribution in [0.15, 0.2) is 109 Å². The molecule has 0 saturated carbocycles. The van der Waals surface area contributed by atoms with Crippen molar-refractivity contribution in [2.24, 2.45) is 0 Å². The SMILES string of the molecule is Cc1ccc2nc(N3C(=O)C(=O)C(=C(O)c4ccccc4)C3c3cccc(OCc4ccccc4)c3)sc2c1. The third-order valence-electron chi connectivity index (χ3n) is 6.65. The Balaban J connectivity index is 1.47. The van der Waals surface area contributed by atoms with Crippen molar-refractivity contribution in [2.45, 2.75) is 19.6 Å². The molecule has 6 nitrogen and oxygen atoms in total. The van der Waals surface area contributed by atoms with Crippen LogP contribution >= 0.6 is 11.3 Å². The molecule has 1 atom stereocenters. The number of hydrogen-bond acceptors (Lipinski definition) is 6. The fraction of sp³-hybridized carbons (Fsp3) is 0.0938. The van der Waals surface area contributed by atoms with Crippen molar-refractivity contribution in [1.82, 2.24) is 4.98 Å². The zero-order valence-corrected chi connectivity index (χ0v) is 21.9. The molecule has 0 aliphatic carbocycles. The Labute approximate surface area is 229 Å². The van der Waals surface area contributed by atoms with Gasteiger partial charge in [-0.3, -0.25) is 14.5 Å². The van der Waals surface area contributed by atoms with E-state index in [0.717, 1.165) is 21.3 Å². The zero-order chi connectivity index (χ0) is 26.9. The Kier molecular flexibility index (Phi) is 6.42. The van der Waals surface area contributed by atoms with Gasteiger partial charge in [0.25, 0.3) is 5.78 Å². The number of ketones is 1. The molecular formula is C32H24N2O4S. The number of aryl methyl sites for hydroxylation is 1. The van der Waals surface area contributed by atoms with Crippen molar-refractivity contribution in [2.75, 3.05) is 4.90 Å². The first-order chi connectivity index (χ1) is 19.0. The monoisotopic (exact) mass is 532 g/mol. The minimum atomic E-state index is -0.882. The van der Waals surface area contributed by atoms with Crippen LogP contribution in [0.3, 0.4) is 0 Å². The molecule has 192 valence electrons. The lowest BCUT2D eigenvalue weighted by Gasteiger charge is -2.23. The van der Waals surface area contributed by atoms with Gasteiger partial charge in [0.05, 0.1) is 21.8 Å². The molecule has 7 heteroatoms. The molecule has 1 unspecified atom stereocenters. The molecule has 39 heavy (non-hydrogen) atoms. The van der Waals surface area contributed by atoms with Gasteiger partial charge in [-0.15, -0.1) is 0 Å². The van der Waals surface area contributed by atoms with Crippen LogP contribution in [0.1, 0.15) is 28.3 Å². The van der Waals surface area contributed by atoms with Gasteiger partial charge in [0.15, 0.2) is 5.13 Å². The molecular weight excluding hydrogens is 508 g/mol. The van der Waals surface area contributed by atoms with E-state index in [0.29, 0.717) is 28.6 Å². The van der Waals surface area contributed by atoms with Gasteiger partial charge in [-0.05, 0) is 47.9 Å². The number of aromatic nitrogens is 1. The summed E-state index contributed by atoms with van der Waals surface area (Å²) >= 11 is 1.34. The van der Waals surface area contributed by atoms with E-state index in [9.17, 15) is 14.7 Å². The summed E-state index contributed by atoms with van der Waals surface area (Å²) in [4.78, 5) is 33.1. The number of carbonyl (C=O) groups is 2. The van der Waals surface area contributed by atoms with Crippen LogP contribution in [0.25, 0.3) is 16.0 Å². The number of anilines is 1. The summed E-state index contributed by atoms with van der Waals surface area (Å²) in [6.45, 7) is 2.36. The van der Waals surface area contributed by atoms with Gasteiger partial charge in [-0.2, -0.15) is 0 Å². The number of carbonyl (C=O) groups excluding carboxylic acids is 2. The molecule has 1 aliphatic heterocycles. The Bertz CT molecular complexity index is 1730. The lowest BCUT2D eigenvalue weighted by Crippen LogP contribution is -2.29. The third kappa shape index (κ3) is 4.69. The van der Waals surface area contributed by atoms with Crippen LogP contribution in [0.2, 0.25) is 0 Å². The first-order valence-corrected chi connectivity index (χ1v) is 13.3. The summed E-state index contributed by atoms with van der Waals surface area (Å²) in [5.74, 6) is -1.13. The second-order valence-electron chi connectivity index (χ2n) is 9.35. The number of fused-ring (bicyclic) bond motifs is 1. The lowest BCUT2D eigenvalue weighted by atomic mass is 9.95. The van der Waals surface area contributed by atoms with E-state index in [1.807, 2.05) is 85.8 Å². The average molecular weight is 533 g/mol. The van der Waals surface area contributed by atoms with Crippen LogP contribution in [-0.4, -0.2) is 21.8 Å². The highest BCUT2D eigenvalue weighted by Crippen LogP contribution is 2.45. The van der Waals surface area contributed by atoms with Crippen LogP contribution in [0, 0.1) is 6.92 Å². The zero-order valence-electron chi connectivity index (χ0n) is 21.1. The average Bonchev–Trinajstić information content (AvgIpc) is 3.50. The van der Waals surface area contributed by atoms with Gasteiger partial charge in [-0.1, -0.05) is 90.2 Å². The number of amides is 1. The standard InChI is InChI=1S/C32H24N2O4S/c1-20-15-16-25-26(17-20)39-32(33-25)34-28(27(30(36)31(34)37)29(35)22-11-6-3-7-12-22)23-13-8-14-24(18-23)38-19-21-9-4-2-5-10-21/h2-18,28,35H,19H2,1H3. The summed E-state index contributed by atoms with van der Waals surface area (Å²) < 4.78 is 6.96. The van der Waals surface area contributed by atoms with Gasteiger partial charge >= 0.3 is 5.91 Å². The number of aliphatic hydroxyl groups excluding tert-OH is 1. The molecule has 1 amide bonds. The summed E-state index contributed by atoms with van der Waals surface area (Å²) in [5, 5.41) is 11.7. The number of hydrogen-bond donors (Lipinski definition) is 1. The van der Waals surface area contributed by atoms with E-state index in [1.54, 1.807) is 24.3 Å². The topological polar surface area (TPSA) is 79.7 Å². The number of aliphatic hydroxyl groups is 1. The minimum absolute atomic E-state index is 0.0156. The molecule has 1 aliphatic rings. The smallest absolute Gasteiger partial charge is 0.301 e. The summed E-state index contributed by atoms with van der Waals surface area (Å²) in [5.41, 5.74) is 3.93. The molecule has 5 aromatic rings. The van der Waals surface area contributed by atoms with E-state index >= 15 is 0 Å². The Hall–Kier alpha value is -4.75. The van der Waals surface area contributed by atoms with Crippen molar-refractivity contribution in [3.63, 3.8) is 0 Å². The highest BCUT2D eigenvalue weighted by Gasteiger charge is 2.48. The highest BCUT2D eigenvalue weighted by atomic mass is 32.1. The van der Waals surface area contributed by atoms with Gasteiger partial charge in [0, 0.05) is 5.56 Å². The summed E-state index contributed by atoms with van der Waals surface area (Å²) in [6, 6.07) is 30.9. The lowest BCUT2D eigenvalue weighted by molar-refractivity contribution is -0.132. The maximum absolute atomic E-state index is 13.5. The van der Waals surface area contributed by atoms with Crippen molar-refractivity contribution in [3.8, 4) is 5.75 Å². The second kappa shape index (κ2) is 10.2. The van der Waals surface area contributed by atoms with E-state index in [4.69, 9.17) is 9.72 Å². The first kappa shape index (κ1) is 24.6. The Morgan fingerprint density at radius 3 is 2.44 bits per heavy atom. The fourth-order valence-corrected chi connectivity index (χ4v) is 5.83. The molecule has 0 bridgehead atoms. The maximum Gasteiger partial charge on any atom is 0.301 e. The number of ether oxygens (including phenoxy) is 1. The number of thiazole rings is 1. The first-order valence-electron chi connectivity index (χ1n) is 12.5. The predicted octanol–water partition coefficient (Wildman–Crippen LogP) is 6.81. The normalized spacial score (nSPS) is 16.6. The number of nitrogens with zero attached hydrogens (tertiary/aromatic N) is 2. The molecule has 0 spiro atoms. The Morgan fingerprint density at radius 1 is 0.923 bits per heavy atom. The largest absolute Gasteiger partial charge is 0.507 e. The maximum atomic E-state index is 13.5. The molecule has 4 aromatic carbocycles. The molecule has 0 radical (unpaired) electrons. The molecule has 1 fully saturated rings. The summed E-state index contributed by atoms with van der Waals surface area (Å²) in [6.07, 6.45) is 0. The van der Waals surface area contributed by atoms with Crippen LogP contribution in [0.4, 0.5) is 5.13 Å². The molecule has 1 aromatic heterocycles. The highest BCUT2D eigenvalue weighted by molar-refractivity contribution is 7.22. The number of Topliss-reactive ketones (excluding diaryl/α,β-unsaturated/α-hetero) is 1. The molecule has 6 rings (SSSR count). The van der Waals surface area contributed by atoms with Crippen molar-refractivity contribution in [1.29, 1.82) is 0 Å². The molecule has 2 heterocycles. The number of benzene rings is 4. The van der Waals surface area contributed by atoms with Crippen LogP contribution < -0.4 is 9.64 Å². The van der Waals surface area contributed by atoms with Gasteiger partial charge in [-0.25, -0.2) is 4.98 Å². The van der Waals surface area contributed by atoms with Gasteiger partial charge in [0.2, 0.25) is 0 Å². The van der Waals surface area contributed by atoms with Crippen molar-refractivity contribution >= 4 is 44.1 Å². The van der Waals surface area contributed by atoms with E-state index in [2.05, 4.69) is 0 Å². The van der Waals surface area contributed by atoms with E-state index in [-0.39, 0.29) is 11.3 Å². The molecule has 1 saturated heterocycles. The Morgan fingerprint density at radius 2 is 1.67 bits per heavy atom. The molecule has 1 N–H and O–H groups in total.